The summed E-state index contributed by atoms with van der Waals surface area (Å²) in [6, 6.07) is 6.18. The van der Waals surface area contributed by atoms with Crippen LogP contribution in [0.15, 0.2) is 24.3 Å². The van der Waals surface area contributed by atoms with Crippen molar-refractivity contribution in [2.75, 3.05) is 26.3 Å². The van der Waals surface area contributed by atoms with Crippen LogP contribution in [-0.2, 0) is 10.3 Å². The molecule has 186 valence electrons. The van der Waals surface area contributed by atoms with Crippen LogP contribution in [0, 0.1) is 0 Å². The maximum atomic E-state index is 13.3. The Bertz CT molecular complexity index is 764. The Hall–Kier alpha value is -1.64. The zero-order valence-corrected chi connectivity index (χ0v) is 19.9. The highest BCUT2D eigenvalue weighted by atomic mass is 19.4. The molecule has 1 saturated carbocycles. The largest absolute Gasteiger partial charge is 0.421 e. The number of alkyl halides is 3. The van der Waals surface area contributed by atoms with Gasteiger partial charge in [-0.05, 0) is 63.1 Å². The summed E-state index contributed by atoms with van der Waals surface area (Å²) >= 11 is 0. The van der Waals surface area contributed by atoms with E-state index < -0.39 is 11.8 Å². The fraction of sp³-hybridized carbons (Fsp3) is 0.720. The lowest BCUT2D eigenvalue weighted by Gasteiger charge is -2.42. The van der Waals surface area contributed by atoms with Gasteiger partial charge in [0.1, 0.15) is 0 Å². The average molecular weight is 471 g/mol. The molecule has 5 nitrogen and oxygen atoms in total. The molecule has 3 aliphatic rings. The van der Waals surface area contributed by atoms with Gasteiger partial charge >= 0.3 is 6.18 Å². The van der Waals surface area contributed by atoms with Crippen molar-refractivity contribution in [3.8, 4) is 0 Å². The molecule has 0 spiro atoms. The average Bonchev–Trinajstić information content (AvgIpc) is 3.66. The molecule has 1 unspecified atom stereocenters. The Morgan fingerprint density at radius 3 is 1.97 bits per heavy atom. The minimum absolute atomic E-state index is 0.120. The molecule has 2 aliphatic heterocycles. The predicted molar refractivity (Wildman–Crippen MR) is 121 cm³/mol. The summed E-state index contributed by atoms with van der Waals surface area (Å²) < 4.78 is 44.7. The SMILES string of the molecule is CC.CC(O)(c1ccc(C(=O)N(C2CC2)C2CCN(C3CCOCC3)CC2)cc1)C(F)(F)F. The van der Waals surface area contributed by atoms with E-state index in [9.17, 15) is 23.1 Å². The first-order chi connectivity index (χ1) is 15.7. The Morgan fingerprint density at radius 1 is 0.970 bits per heavy atom. The van der Waals surface area contributed by atoms with E-state index in [0.717, 1.165) is 71.8 Å². The fourth-order valence-corrected chi connectivity index (χ4v) is 4.81. The molecule has 1 aliphatic carbocycles. The van der Waals surface area contributed by atoms with Crippen LogP contribution in [0.5, 0.6) is 0 Å². The van der Waals surface area contributed by atoms with Crippen molar-refractivity contribution in [1.29, 1.82) is 0 Å². The molecule has 0 aromatic heterocycles. The van der Waals surface area contributed by atoms with Gasteiger partial charge < -0.3 is 19.6 Å². The number of carbonyl (C=O) groups excluding carboxylic acids is 1. The first-order valence-corrected chi connectivity index (χ1v) is 12.2. The number of amides is 1. The van der Waals surface area contributed by atoms with Gasteiger partial charge in [-0.1, -0.05) is 26.0 Å². The quantitative estimate of drug-likeness (QED) is 0.676. The maximum Gasteiger partial charge on any atom is 0.421 e. The van der Waals surface area contributed by atoms with Crippen molar-refractivity contribution in [3.05, 3.63) is 35.4 Å². The number of hydrogen-bond donors (Lipinski definition) is 1. The second-order valence-corrected chi connectivity index (χ2v) is 9.20. The van der Waals surface area contributed by atoms with E-state index in [1.165, 1.54) is 24.3 Å². The van der Waals surface area contributed by atoms with E-state index in [4.69, 9.17) is 4.74 Å². The summed E-state index contributed by atoms with van der Waals surface area (Å²) in [5.41, 5.74) is -2.83. The van der Waals surface area contributed by atoms with E-state index in [-0.39, 0.29) is 23.6 Å². The Kier molecular flexibility index (Phi) is 8.45. The summed E-state index contributed by atoms with van der Waals surface area (Å²) in [6.45, 7) is 8.27. The molecule has 0 radical (unpaired) electrons. The third-order valence-corrected chi connectivity index (χ3v) is 7.02. The lowest BCUT2D eigenvalue weighted by Crippen LogP contribution is -2.51. The van der Waals surface area contributed by atoms with Gasteiger partial charge in [0.05, 0.1) is 0 Å². The molecular weight excluding hydrogens is 433 g/mol. The standard InChI is InChI=1S/C23H31F3N2O3.C2H6/c1-22(30,23(24,25)26)17-4-2-16(3-5-17)21(29)28(19-6-7-19)20-8-12-27(13-9-20)18-10-14-31-15-11-18;1-2/h2-5,18-20,30H,6-15H2,1H3;1-2H3. The highest BCUT2D eigenvalue weighted by molar-refractivity contribution is 5.95. The number of carbonyl (C=O) groups is 1. The van der Waals surface area contributed by atoms with Gasteiger partial charge in [-0.3, -0.25) is 4.79 Å². The van der Waals surface area contributed by atoms with Crippen molar-refractivity contribution in [2.45, 2.75) is 89.2 Å². The monoisotopic (exact) mass is 470 g/mol. The lowest BCUT2D eigenvalue weighted by molar-refractivity contribution is -0.258. The molecule has 1 N–H and O–H groups in total. The molecule has 0 bridgehead atoms. The smallest absolute Gasteiger partial charge is 0.381 e. The zero-order chi connectivity index (χ0) is 24.2. The highest BCUT2D eigenvalue weighted by Crippen LogP contribution is 2.39. The summed E-state index contributed by atoms with van der Waals surface area (Å²) in [6.07, 6.45) is 1.13. The number of rotatable bonds is 5. The summed E-state index contributed by atoms with van der Waals surface area (Å²) in [4.78, 5) is 17.8. The van der Waals surface area contributed by atoms with Gasteiger partial charge in [-0.25, -0.2) is 0 Å². The Balaban J connectivity index is 0.00000149. The molecule has 3 fully saturated rings. The van der Waals surface area contributed by atoms with Gasteiger partial charge in [0.25, 0.3) is 5.91 Å². The first-order valence-electron chi connectivity index (χ1n) is 12.2. The number of ether oxygens (including phenoxy) is 1. The normalized spacial score (nSPS) is 22.8. The summed E-state index contributed by atoms with van der Waals surface area (Å²) in [7, 11) is 0. The minimum Gasteiger partial charge on any atom is -0.381 e. The zero-order valence-electron chi connectivity index (χ0n) is 19.9. The number of likely N-dealkylation sites (tertiary alicyclic amines) is 1. The number of nitrogens with zero attached hydrogens (tertiary/aromatic N) is 2. The molecule has 1 aromatic rings. The van der Waals surface area contributed by atoms with Gasteiger partial charge in [-0.2, -0.15) is 13.2 Å². The fourth-order valence-electron chi connectivity index (χ4n) is 4.81. The number of piperidine rings is 1. The van der Waals surface area contributed by atoms with Gasteiger partial charge in [0.2, 0.25) is 0 Å². The predicted octanol–water partition coefficient (Wildman–Crippen LogP) is 4.73. The second-order valence-electron chi connectivity index (χ2n) is 9.20. The van der Waals surface area contributed by atoms with Crippen LogP contribution < -0.4 is 0 Å². The van der Waals surface area contributed by atoms with Gasteiger partial charge in [0.15, 0.2) is 5.60 Å². The molecule has 4 rings (SSSR count). The lowest BCUT2D eigenvalue weighted by atomic mass is 9.94. The van der Waals surface area contributed by atoms with Crippen LogP contribution in [0.1, 0.15) is 75.2 Å². The molecule has 1 atom stereocenters. The highest BCUT2D eigenvalue weighted by Gasteiger charge is 2.51. The molecule has 8 heteroatoms. The third kappa shape index (κ3) is 5.89. The van der Waals surface area contributed by atoms with Crippen LogP contribution in [0.3, 0.4) is 0 Å². The van der Waals surface area contributed by atoms with E-state index in [1.807, 2.05) is 18.7 Å². The minimum atomic E-state index is -4.78. The van der Waals surface area contributed by atoms with Crippen molar-refractivity contribution in [3.63, 3.8) is 0 Å². The van der Waals surface area contributed by atoms with Gasteiger partial charge in [-0.15, -0.1) is 0 Å². The molecule has 2 saturated heterocycles. The first kappa shape index (κ1) is 26.0. The van der Waals surface area contributed by atoms with Crippen LogP contribution in [-0.4, -0.2) is 71.4 Å². The van der Waals surface area contributed by atoms with E-state index in [1.54, 1.807) is 0 Å². The van der Waals surface area contributed by atoms with Crippen molar-refractivity contribution in [1.82, 2.24) is 9.80 Å². The second kappa shape index (κ2) is 10.7. The Labute approximate surface area is 194 Å². The number of benzene rings is 1. The third-order valence-electron chi connectivity index (χ3n) is 7.02. The van der Waals surface area contributed by atoms with Crippen LogP contribution >= 0.6 is 0 Å². The van der Waals surface area contributed by atoms with Crippen LogP contribution in [0.2, 0.25) is 0 Å². The van der Waals surface area contributed by atoms with E-state index in [0.29, 0.717) is 11.6 Å². The molecule has 2 heterocycles. The number of aliphatic hydroxyl groups is 1. The Morgan fingerprint density at radius 2 is 1.48 bits per heavy atom. The van der Waals surface area contributed by atoms with Crippen LogP contribution in [0.25, 0.3) is 0 Å². The molecule has 1 amide bonds. The van der Waals surface area contributed by atoms with Crippen molar-refractivity contribution >= 4 is 5.91 Å². The van der Waals surface area contributed by atoms with Crippen molar-refractivity contribution < 1.29 is 27.8 Å². The molecule has 33 heavy (non-hydrogen) atoms. The van der Waals surface area contributed by atoms with Crippen molar-refractivity contribution in [2.24, 2.45) is 0 Å². The summed E-state index contributed by atoms with van der Waals surface area (Å²) in [5.74, 6) is -0.120. The van der Waals surface area contributed by atoms with E-state index >= 15 is 0 Å². The van der Waals surface area contributed by atoms with Gasteiger partial charge in [0, 0.05) is 50.0 Å². The maximum absolute atomic E-state index is 13.3. The summed E-state index contributed by atoms with van der Waals surface area (Å²) in [5, 5.41) is 9.86. The van der Waals surface area contributed by atoms with Crippen LogP contribution in [0.4, 0.5) is 13.2 Å². The van der Waals surface area contributed by atoms with E-state index in [2.05, 4.69) is 4.90 Å². The molecule has 1 aromatic carbocycles. The number of hydrogen-bond acceptors (Lipinski definition) is 4. The topological polar surface area (TPSA) is 53.0 Å². The molecular formula is C25H37F3N2O3. The number of halogens is 3.